The standard InChI is InChI=1S/C17H16N2O2/c20-17(19-11-16-6-3-9-21-16)12-18-15-8-7-13-4-1-2-5-14(13)10-15/h1-10,18H,11-12H2,(H,19,20). The van der Waals surface area contributed by atoms with E-state index in [-0.39, 0.29) is 12.5 Å². The van der Waals surface area contributed by atoms with Crippen molar-refractivity contribution in [1.29, 1.82) is 0 Å². The number of rotatable bonds is 5. The molecule has 4 heteroatoms. The Balaban J connectivity index is 1.54. The fourth-order valence-electron chi connectivity index (χ4n) is 2.14. The molecule has 1 amide bonds. The van der Waals surface area contributed by atoms with Crippen molar-refractivity contribution in [1.82, 2.24) is 5.32 Å². The molecule has 0 spiro atoms. The first-order chi connectivity index (χ1) is 10.3. The number of anilines is 1. The number of nitrogens with one attached hydrogen (secondary N) is 2. The van der Waals surface area contributed by atoms with Crippen LogP contribution in [0.1, 0.15) is 5.76 Å². The van der Waals surface area contributed by atoms with Gasteiger partial charge in [-0.25, -0.2) is 0 Å². The van der Waals surface area contributed by atoms with Crippen molar-refractivity contribution in [3.8, 4) is 0 Å². The zero-order valence-corrected chi connectivity index (χ0v) is 11.5. The van der Waals surface area contributed by atoms with E-state index in [2.05, 4.69) is 22.8 Å². The Hall–Kier alpha value is -2.75. The van der Waals surface area contributed by atoms with Gasteiger partial charge in [-0.05, 0) is 35.0 Å². The van der Waals surface area contributed by atoms with E-state index in [9.17, 15) is 4.79 Å². The fraction of sp³-hybridized carbons (Fsp3) is 0.118. The van der Waals surface area contributed by atoms with Gasteiger partial charge in [0.25, 0.3) is 0 Å². The lowest BCUT2D eigenvalue weighted by Crippen LogP contribution is -2.29. The number of fused-ring (bicyclic) bond motifs is 1. The van der Waals surface area contributed by atoms with Gasteiger partial charge in [-0.1, -0.05) is 30.3 Å². The summed E-state index contributed by atoms with van der Waals surface area (Å²) in [5, 5.41) is 8.26. The van der Waals surface area contributed by atoms with Crippen LogP contribution in [0.3, 0.4) is 0 Å². The number of furan rings is 1. The van der Waals surface area contributed by atoms with E-state index in [1.54, 1.807) is 12.3 Å². The summed E-state index contributed by atoms with van der Waals surface area (Å²) in [6.07, 6.45) is 1.59. The highest BCUT2D eigenvalue weighted by Gasteiger charge is 2.03. The van der Waals surface area contributed by atoms with Crippen LogP contribution in [-0.4, -0.2) is 12.5 Å². The molecule has 21 heavy (non-hydrogen) atoms. The van der Waals surface area contributed by atoms with Crippen molar-refractivity contribution in [3.63, 3.8) is 0 Å². The number of hydrogen-bond acceptors (Lipinski definition) is 3. The van der Waals surface area contributed by atoms with Crippen molar-refractivity contribution < 1.29 is 9.21 Å². The van der Waals surface area contributed by atoms with Crippen LogP contribution in [0.2, 0.25) is 0 Å². The predicted molar refractivity (Wildman–Crippen MR) is 83.0 cm³/mol. The molecule has 106 valence electrons. The molecule has 0 bridgehead atoms. The molecule has 0 saturated heterocycles. The maximum Gasteiger partial charge on any atom is 0.239 e. The Bertz CT molecular complexity index is 735. The van der Waals surface area contributed by atoms with E-state index in [0.717, 1.165) is 16.8 Å². The normalized spacial score (nSPS) is 10.5. The Kier molecular flexibility index (Phi) is 3.87. The van der Waals surface area contributed by atoms with Crippen molar-refractivity contribution >= 4 is 22.4 Å². The molecule has 4 nitrogen and oxygen atoms in total. The van der Waals surface area contributed by atoms with E-state index in [4.69, 9.17) is 4.42 Å². The largest absolute Gasteiger partial charge is 0.467 e. The van der Waals surface area contributed by atoms with Gasteiger partial charge in [0.05, 0.1) is 19.4 Å². The van der Waals surface area contributed by atoms with Crippen molar-refractivity contribution in [3.05, 3.63) is 66.6 Å². The first kappa shape index (κ1) is 13.2. The van der Waals surface area contributed by atoms with Gasteiger partial charge in [0.1, 0.15) is 5.76 Å². The highest BCUT2D eigenvalue weighted by molar-refractivity contribution is 5.87. The zero-order chi connectivity index (χ0) is 14.5. The minimum atomic E-state index is -0.0699. The number of benzene rings is 2. The SMILES string of the molecule is O=C(CNc1ccc2ccccc2c1)NCc1ccco1. The third-order valence-electron chi connectivity index (χ3n) is 3.24. The number of carbonyl (C=O) groups excluding carboxylic acids is 1. The van der Waals surface area contributed by atoms with Crippen molar-refractivity contribution in [2.45, 2.75) is 6.54 Å². The molecule has 0 saturated carbocycles. The monoisotopic (exact) mass is 280 g/mol. The molecular formula is C17H16N2O2. The summed E-state index contributed by atoms with van der Waals surface area (Å²) < 4.78 is 5.16. The first-order valence-corrected chi connectivity index (χ1v) is 6.83. The highest BCUT2D eigenvalue weighted by Crippen LogP contribution is 2.18. The van der Waals surface area contributed by atoms with Crippen LogP contribution in [-0.2, 0) is 11.3 Å². The Morgan fingerprint density at radius 2 is 1.86 bits per heavy atom. The van der Waals surface area contributed by atoms with Crippen LogP contribution in [0.25, 0.3) is 10.8 Å². The molecule has 0 radical (unpaired) electrons. The summed E-state index contributed by atoms with van der Waals surface area (Å²) in [4.78, 5) is 11.8. The molecule has 0 fully saturated rings. The maximum absolute atomic E-state index is 11.8. The molecule has 3 aromatic rings. The maximum atomic E-state index is 11.8. The van der Waals surface area contributed by atoms with Gasteiger partial charge in [0.15, 0.2) is 0 Å². The lowest BCUT2D eigenvalue weighted by molar-refractivity contribution is -0.119. The van der Waals surface area contributed by atoms with Crippen molar-refractivity contribution in [2.24, 2.45) is 0 Å². The van der Waals surface area contributed by atoms with E-state index >= 15 is 0 Å². The lowest BCUT2D eigenvalue weighted by atomic mass is 10.1. The van der Waals surface area contributed by atoms with E-state index in [0.29, 0.717) is 6.54 Å². The summed E-state index contributed by atoms with van der Waals surface area (Å²) in [6, 6.07) is 17.8. The second kappa shape index (κ2) is 6.13. The highest BCUT2D eigenvalue weighted by atomic mass is 16.3. The summed E-state index contributed by atoms with van der Waals surface area (Å²) in [6.45, 7) is 0.643. The molecule has 0 unspecified atom stereocenters. The minimum absolute atomic E-state index is 0.0699. The fourth-order valence-corrected chi connectivity index (χ4v) is 2.14. The van der Waals surface area contributed by atoms with Crippen LogP contribution >= 0.6 is 0 Å². The van der Waals surface area contributed by atoms with Crippen LogP contribution in [0.4, 0.5) is 5.69 Å². The molecule has 0 aliphatic heterocycles. The third-order valence-corrected chi connectivity index (χ3v) is 3.24. The van der Waals surface area contributed by atoms with E-state index in [1.807, 2.05) is 36.4 Å². The minimum Gasteiger partial charge on any atom is -0.467 e. The summed E-state index contributed by atoms with van der Waals surface area (Å²) in [5.41, 5.74) is 0.932. The van der Waals surface area contributed by atoms with E-state index < -0.39 is 0 Å². The lowest BCUT2D eigenvalue weighted by Gasteiger charge is -2.08. The zero-order valence-electron chi connectivity index (χ0n) is 11.5. The average Bonchev–Trinajstić information content (AvgIpc) is 3.04. The molecule has 2 aromatic carbocycles. The molecule has 0 aliphatic carbocycles. The van der Waals surface area contributed by atoms with Gasteiger partial charge >= 0.3 is 0 Å². The predicted octanol–water partition coefficient (Wildman–Crippen LogP) is 3.16. The second-order valence-electron chi connectivity index (χ2n) is 4.77. The van der Waals surface area contributed by atoms with Gasteiger partial charge in [0.2, 0.25) is 5.91 Å². The molecule has 1 heterocycles. The summed E-state index contributed by atoms with van der Waals surface area (Å²) >= 11 is 0. The summed E-state index contributed by atoms with van der Waals surface area (Å²) in [7, 11) is 0. The number of hydrogen-bond donors (Lipinski definition) is 2. The molecule has 0 atom stereocenters. The smallest absolute Gasteiger partial charge is 0.239 e. The molecule has 0 aliphatic rings. The number of amides is 1. The molecule has 3 rings (SSSR count). The molecule has 1 aromatic heterocycles. The Morgan fingerprint density at radius 1 is 1.00 bits per heavy atom. The quantitative estimate of drug-likeness (QED) is 0.755. The Labute approximate surface area is 122 Å². The Morgan fingerprint density at radius 3 is 2.67 bits per heavy atom. The van der Waals surface area contributed by atoms with Crippen molar-refractivity contribution in [2.75, 3.05) is 11.9 Å². The summed E-state index contributed by atoms with van der Waals surface area (Å²) in [5.74, 6) is 0.675. The topological polar surface area (TPSA) is 54.3 Å². The van der Waals surface area contributed by atoms with Crippen LogP contribution in [0.15, 0.2) is 65.3 Å². The first-order valence-electron chi connectivity index (χ1n) is 6.83. The van der Waals surface area contributed by atoms with Gasteiger partial charge in [-0.3, -0.25) is 4.79 Å². The van der Waals surface area contributed by atoms with Gasteiger partial charge < -0.3 is 15.1 Å². The van der Waals surface area contributed by atoms with E-state index in [1.165, 1.54) is 5.39 Å². The van der Waals surface area contributed by atoms with Crippen LogP contribution in [0.5, 0.6) is 0 Å². The van der Waals surface area contributed by atoms with Gasteiger partial charge in [-0.15, -0.1) is 0 Å². The van der Waals surface area contributed by atoms with Crippen LogP contribution < -0.4 is 10.6 Å². The van der Waals surface area contributed by atoms with Gasteiger partial charge in [0, 0.05) is 5.69 Å². The average molecular weight is 280 g/mol. The third kappa shape index (κ3) is 3.42. The number of carbonyl (C=O) groups is 1. The molecule has 2 N–H and O–H groups in total. The molecular weight excluding hydrogens is 264 g/mol. The second-order valence-corrected chi connectivity index (χ2v) is 4.77. The van der Waals surface area contributed by atoms with Gasteiger partial charge in [-0.2, -0.15) is 0 Å². The van der Waals surface area contributed by atoms with Crippen LogP contribution in [0, 0.1) is 0 Å².